The molecule has 6 unspecified atom stereocenters. The Hall–Kier alpha value is -2.25. The number of fused-ring (bicyclic) bond motifs is 2. The fourth-order valence-electron chi connectivity index (χ4n) is 6.54. The molecule has 3 amide bonds. The third-order valence-electron chi connectivity index (χ3n) is 7.89. The minimum atomic E-state index is -0.551. The molecule has 2 bridgehead atoms. The van der Waals surface area contributed by atoms with Crippen molar-refractivity contribution >= 4 is 17.7 Å². The number of amides is 3. The molecule has 152 valence electrons. The van der Waals surface area contributed by atoms with Gasteiger partial charge < -0.3 is 15.5 Å². The highest BCUT2D eigenvalue weighted by molar-refractivity contribution is 6.05. The molecule has 1 aromatic carbocycles. The fourth-order valence-corrected chi connectivity index (χ4v) is 6.54. The Morgan fingerprint density at radius 1 is 1.14 bits per heavy atom. The van der Waals surface area contributed by atoms with Crippen LogP contribution in [0.4, 0.5) is 0 Å². The number of hydrogen-bond donors (Lipinski definition) is 3. The molecule has 7 heteroatoms. The van der Waals surface area contributed by atoms with E-state index in [0.717, 1.165) is 35.4 Å². The van der Waals surface area contributed by atoms with Crippen molar-refractivity contribution in [3.8, 4) is 0 Å². The Kier molecular flexibility index (Phi) is 3.87. The van der Waals surface area contributed by atoms with E-state index in [9.17, 15) is 14.4 Å². The summed E-state index contributed by atoms with van der Waals surface area (Å²) in [6.07, 6.45) is 3.38. The molecule has 1 aromatic rings. The van der Waals surface area contributed by atoms with Crippen LogP contribution in [0.5, 0.6) is 0 Å². The van der Waals surface area contributed by atoms with E-state index in [4.69, 9.17) is 0 Å². The van der Waals surface area contributed by atoms with Crippen LogP contribution < -0.4 is 16.0 Å². The molecule has 0 radical (unpaired) electrons. The summed E-state index contributed by atoms with van der Waals surface area (Å²) in [5.74, 6) is 1.80. The van der Waals surface area contributed by atoms with E-state index >= 15 is 0 Å². The summed E-state index contributed by atoms with van der Waals surface area (Å²) < 4.78 is 0. The van der Waals surface area contributed by atoms with Crippen LogP contribution in [0.25, 0.3) is 0 Å². The predicted octanol–water partition coefficient (Wildman–Crippen LogP) is 0.534. The van der Waals surface area contributed by atoms with Gasteiger partial charge in [-0.3, -0.25) is 19.7 Å². The normalized spacial score (nSPS) is 37.4. The number of piperidine rings is 1. The monoisotopic (exact) mass is 394 g/mol. The Morgan fingerprint density at radius 3 is 2.90 bits per heavy atom. The predicted molar refractivity (Wildman–Crippen MR) is 105 cm³/mol. The molecule has 5 aliphatic rings. The van der Waals surface area contributed by atoms with E-state index in [0.29, 0.717) is 30.6 Å². The second-order valence-corrected chi connectivity index (χ2v) is 9.39. The Morgan fingerprint density at radius 2 is 2.03 bits per heavy atom. The van der Waals surface area contributed by atoms with Crippen molar-refractivity contribution < 1.29 is 14.4 Å². The van der Waals surface area contributed by atoms with E-state index in [1.54, 1.807) is 4.90 Å². The highest BCUT2D eigenvalue weighted by atomic mass is 16.2. The van der Waals surface area contributed by atoms with Crippen LogP contribution in [-0.4, -0.2) is 47.3 Å². The van der Waals surface area contributed by atoms with E-state index in [-0.39, 0.29) is 24.1 Å². The summed E-state index contributed by atoms with van der Waals surface area (Å²) in [4.78, 5) is 38.2. The molecule has 6 atom stereocenters. The van der Waals surface area contributed by atoms with Gasteiger partial charge >= 0.3 is 0 Å². The van der Waals surface area contributed by atoms with Crippen molar-refractivity contribution in [3.63, 3.8) is 0 Å². The third-order valence-corrected chi connectivity index (χ3v) is 7.89. The molecule has 7 nitrogen and oxygen atoms in total. The summed E-state index contributed by atoms with van der Waals surface area (Å²) in [5, 5.41) is 9.82. The van der Waals surface area contributed by atoms with Gasteiger partial charge in [-0.15, -0.1) is 0 Å². The maximum Gasteiger partial charge on any atom is 0.255 e. The molecular formula is C22H26N4O3. The van der Waals surface area contributed by atoms with E-state index < -0.39 is 6.04 Å². The molecule has 2 saturated carbocycles. The van der Waals surface area contributed by atoms with Crippen molar-refractivity contribution in [2.75, 3.05) is 6.54 Å². The molecule has 3 aliphatic heterocycles. The molecule has 4 fully saturated rings. The largest absolute Gasteiger partial charge is 0.322 e. The SMILES string of the molecule is O=C1CCC(N2Cc3ccc(CNC4C5CC6CNC4C6C5)cc3C2=O)C(=O)N1. The summed E-state index contributed by atoms with van der Waals surface area (Å²) in [5.41, 5.74) is 2.77. The summed E-state index contributed by atoms with van der Waals surface area (Å²) in [7, 11) is 0. The summed E-state index contributed by atoms with van der Waals surface area (Å²) in [6.45, 7) is 2.37. The van der Waals surface area contributed by atoms with Crippen LogP contribution in [0.2, 0.25) is 0 Å². The van der Waals surface area contributed by atoms with E-state index in [1.165, 1.54) is 19.4 Å². The number of hydrogen-bond acceptors (Lipinski definition) is 5. The van der Waals surface area contributed by atoms with Gasteiger partial charge in [-0.25, -0.2) is 0 Å². The maximum atomic E-state index is 13.0. The van der Waals surface area contributed by atoms with Gasteiger partial charge in [-0.2, -0.15) is 0 Å². The van der Waals surface area contributed by atoms with Gasteiger partial charge in [0, 0.05) is 37.2 Å². The van der Waals surface area contributed by atoms with Crippen LogP contribution >= 0.6 is 0 Å². The lowest BCUT2D eigenvalue weighted by molar-refractivity contribution is -0.136. The standard InChI is InChI=1S/C22H26N4O3/c27-18-4-3-17(21(28)25-18)26-10-12-2-1-11(5-16(12)22(26)29)8-23-19-13-6-14-9-24-20(19)15(14)7-13/h1-2,5,13-15,17,19-20,23-24H,3-4,6-10H2,(H,25,27,28). The average Bonchev–Trinajstić information content (AvgIpc) is 3.41. The molecule has 2 aliphatic carbocycles. The van der Waals surface area contributed by atoms with E-state index in [1.807, 2.05) is 12.1 Å². The smallest absolute Gasteiger partial charge is 0.255 e. The molecule has 6 rings (SSSR count). The highest BCUT2D eigenvalue weighted by Crippen LogP contribution is 2.51. The maximum absolute atomic E-state index is 13.0. The molecule has 3 heterocycles. The fraction of sp³-hybridized carbons (Fsp3) is 0.591. The Labute approximate surface area is 169 Å². The van der Waals surface area contributed by atoms with Crippen LogP contribution in [-0.2, 0) is 22.7 Å². The molecular weight excluding hydrogens is 368 g/mol. The van der Waals surface area contributed by atoms with Crippen molar-refractivity contribution in [3.05, 3.63) is 34.9 Å². The second kappa shape index (κ2) is 6.37. The van der Waals surface area contributed by atoms with Gasteiger partial charge in [0.15, 0.2) is 0 Å². The molecule has 2 saturated heterocycles. The van der Waals surface area contributed by atoms with Crippen molar-refractivity contribution in [1.82, 2.24) is 20.9 Å². The van der Waals surface area contributed by atoms with Crippen LogP contribution in [0, 0.1) is 17.8 Å². The quantitative estimate of drug-likeness (QED) is 0.649. The first-order valence-corrected chi connectivity index (χ1v) is 10.8. The van der Waals surface area contributed by atoms with E-state index in [2.05, 4.69) is 22.0 Å². The zero-order valence-electron chi connectivity index (χ0n) is 16.3. The topological polar surface area (TPSA) is 90.5 Å². The Balaban J connectivity index is 1.15. The average molecular weight is 394 g/mol. The van der Waals surface area contributed by atoms with Gasteiger partial charge in [-0.1, -0.05) is 12.1 Å². The molecule has 0 aromatic heterocycles. The van der Waals surface area contributed by atoms with Crippen molar-refractivity contribution in [1.29, 1.82) is 0 Å². The zero-order valence-corrected chi connectivity index (χ0v) is 16.3. The van der Waals surface area contributed by atoms with Crippen LogP contribution in [0.15, 0.2) is 18.2 Å². The highest BCUT2D eigenvalue weighted by Gasteiger charge is 2.55. The number of benzene rings is 1. The Bertz CT molecular complexity index is 913. The third kappa shape index (κ3) is 2.67. The van der Waals surface area contributed by atoms with Crippen molar-refractivity contribution in [2.24, 2.45) is 17.8 Å². The van der Waals surface area contributed by atoms with Crippen molar-refractivity contribution in [2.45, 2.75) is 56.9 Å². The first kappa shape index (κ1) is 17.6. The number of carbonyl (C=O) groups is 3. The van der Waals surface area contributed by atoms with Gasteiger partial charge in [0.1, 0.15) is 6.04 Å². The van der Waals surface area contributed by atoms with Gasteiger partial charge in [0.2, 0.25) is 11.8 Å². The lowest BCUT2D eigenvalue weighted by Gasteiger charge is -2.29. The minimum Gasteiger partial charge on any atom is -0.322 e. The van der Waals surface area contributed by atoms with Gasteiger partial charge in [0.25, 0.3) is 5.91 Å². The molecule has 3 N–H and O–H groups in total. The lowest BCUT2D eigenvalue weighted by Crippen LogP contribution is -2.52. The van der Waals surface area contributed by atoms with Crippen LogP contribution in [0.1, 0.15) is 47.2 Å². The zero-order chi connectivity index (χ0) is 19.7. The summed E-state index contributed by atoms with van der Waals surface area (Å²) in [6, 6.07) is 6.67. The van der Waals surface area contributed by atoms with Gasteiger partial charge in [-0.05, 0) is 60.8 Å². The molecule has 0 spiro atoms. The molecule has 29 heavy (non-hydrogen) atoms. The first-order chi connectivity index (χ1) is 14.1. The number of nitrogens with zero attached hydrogens (tertiary/aromatic N) is 1. The van der Waals surface area contributed by atoms with Crippen LogP contribution in [0.3, 0.4) is 0 Å². The number of imide groups is 1. The van der Waals surface area contributed by atoms with Gasteiger partial charge in [0.05, 0.1) is 0 Å². The minimum absolute atomic E-state index is 0.100. The first-order valence-electron chi connectivity index (χ1n) is 10.8. The number of rotatable bonds is 4. The number of carbonyl (C=O) groups excluding carboxylic acids is 3. The summed E-state index contributed by atoms with van der Waals surface area (Å²) >= 11 is 0. The lowest BCUT2D eigenvalue weighted by atomic mass is 9.86. The number of nitrogens with one attached hydrogen (secondary N) is 3. The second-order valence-electron chi connectivity index (χ2n) is 9.39.